The monoisotopic (exact) mass is 204 g/mol. The summed E-state index contributed by atoms with van der Waals surface area (Å²) in [5.74, 6) is 2.40. The van der Waals surface area contributed by atoms with Gasteiger partial charge in [0, 0.05) is 5.29 Å². The van der Waals surface area contributed by atoms with E-state index >= 15 is 0 Å². The maximum Gasteiger partial charge on any atom is 0.00960 e. The lowest BCUT2D eigenvalue weighted by molar-refractivity contribution is 0.899. The lowest BCUT2D eigenvalue weighted by Crippen LogP contribution is -1.95. The number of hydrogen-bond donors (Lipinski definition) is 0. The van der Waals surface area contributed by atoms with E-state index in [0.29, 0.717) is 0 Å². The van der Waals surface area contributed by atoms with Crippen LogP contribution in [0.4, 0.5) is 0 Å². The number of fused-ring (bicyclic) bond motifs is 1. The summed E-state index contributed by atoms with van der Waals surface area (Å²) in [6, 6.07) is 0. The zero-order valence-electron chi connectivity index (χ0n) is 9.01. The van der Waals surface area contributed by atoms with Gasteiger partial charge in [-0.25, -0.2) is 0 Å². The molecule has 1 aliphatic carbocycles. The molecule has 0 spiro atoms. The minimum Gasteiger partial charge on any atom is -0.0675 e. The lowest BCUT2D eigenvalue weighted by Gasteiger charge is -2.07. The molecule has 0 fully saturated rings. The van der Waals surface area contributed by atoms with Gasteiger partial charge in [-0.2, -0.15) is 0 Å². The van der Waals surface area contributed by atoms with Gasteiger partial charge in [0.05, 0.1) is 0 Å². The summed E-state index contributed by atoms with van der Waals surface area (Å²) in [6.07, 6.45) is 9.64. The third-order valence-electron chi connectivity index (χ3n) is 2.74. The maximum absolute atomic E-state index is 2.40. The molecule has 1 heteroatoms. The molecule has 1 aliphatic heterocycles. The van der Waals surface area contributed by atoms with Crippen LogP contribution in [0.15, 0.2) is 34.7 Å². The first-order chi connectivity index (χ1) is 6.86. The van der Waals surface area contributed by atoms with Gasteiger partial charge in [-0.05, 0) is 41.5 Å². The van der Waals surface area contributed by atoms with Crippen LogP contribution < -0.4 is 0 Å². The molecule has 1 heterocycles. The summed E-state index contributed by atoms with van der Waals surface area (Å²) in [7, 11) is 1.42. The van der Waals surface area contributed by atoms with E-state index in [1.807, 2.05) is 0 Å². The summed E-state index contributed by atoms with van der Waals surface area (Å²) in [4.78, 5) is 0. The largest absolute Gasteiger partial charge is 0.0675 e. The van der Waals surface area contributed by atoms with Crippen molar-refractivity contribution in [3.8, 4) is 0 Å². The second-order valence-electron chi connectivity index (χ2n) is 3.90. The van der Waals surface area contributed by atoms with Crippen molar-refractivity contribution in [1.82, 2.24) is 0 Å². The third kappa shape index (κ3) is 1.64. The Kier molecular flexibility index (Phi) is 3.03. The van der Waals surface area contributed by atoms with Crippen molar-refractivity contribution in [3.63, 3.8) is 0 Å². The highest BCUT2D eigenvalue weighted by Crippen LogP contribution is 2.38. The molecule has 0 radical (unpaired) electrons. The Morgan fingerprint density at radius 1 is 1.07 bits per heavy atom. The van der Waals surface area contributed by atoms with Crippen LogP contribution >= 0.6 is 8.20 Å². The van der Waals surface area contributed by atoms with Crippen molar-refractivity contribution in [2.24, 2.45) is 0 Å². The van der Waals surface area contributed by atoms with Crippen LogP contribution in [0.2, 0.25) is 0 Å². The Bertz CT molecular complexity index is 353. The van der Waals surface area contributed by atoms with Gasteiger partial charge in [0.1, 0.15) is 0 Å². The molecule has 0 aromatic rings. The zero-order chi connectivity index (χ0) is 9.97. The minimum absolute atomic E-state index is 1.24. The van der Waals surface area contributed by atoms with E-state index in [1.54, 1.807) is 16.7 Å². The van der Waals surface area contributed by atoms with Gasteiger partial charge in [-0.1, -0.05) is 41.0 Å². The zero-order valence-corrected chi connectivity index (χ0v) is 9.90. The number of allylic oxidation sites excluding steroid dienone is 5. The van der Waals surface area contributed by atoms with Crippen LogP contribution in [0.5, 0.6) is 0 Å². The molecule has 0 unspecified atom stereocenters. The molecule has 2 rings (SSSR count). The fourth-order valence-electron chi connectivity index (χ4n) is 2.14. The predicted molar refractivity (Wildman–Crippen MR) is 66.0 cm³/mol. The van der Waals surface area contributed by atoms with E-state index in [1.165, 1.54) is 39.2 Å². The highest BCUT2D eigenvalue weighted by molar-refractivity contribution is 7.46. The first-order valence-electron chi connectivity index (χ1n) is 5.55. The van der Waals surface area contributed by atoms with Crippen LogP contribution in [0.1, 0.15) is 39.5 Å². The smallest absolute Gasteiger partial charge is 0.00960 e. The van der Waals surface area contributed by atoms with Crippen molar-refractivity contribution in [2.75, 3.05) is 0 Å². The predicted octanol–water partition coefficient (Wildman–Crippen LogP) is 4.47. The molecule has 0 atom stereocenters. The van der Waals surface area contributed by atoms with Crippen LogP contribution in [0.3, 0.4) is 0 Å². The Balaban J connectivity index is 2.25. The van der Waals surface area contributed by atoms with Crippen LogP contribution in [0, 0.1) is 0 Å². The molecule has 74 valence electrons. The number of rotatable bonds is 4. The molecule has 0 aromatic heterocycles. The van der Waals surface area contributed by atoms with Crippen LogP contribution in [-0.4, -0.2) is 5.29 Å². The summed E-state index contributed by atoms with van der Waals surface area (Å²) >= 11 is 0. The first-order valence-corrected chi connectivity index (χ1v) is 6.52. The quantitative estimate of drug-likeness (QED) is 0.593. The van der Waals surface area contributed by atoms with Gasteiger partial charge in [0.25, 0.3) is 0 Å². The van der Waals surface area contributed by atoms with Gasteiger partial charge in [0.2, 0.25) is 0 Å². The second kappa shape index (κ2) is 4.28. The third-order valence-corrected chi connectivity index (χ3v) is 3.83. The van der Waals surface area contributed by atoms with Crippen LogP contribution in [-0.2, 0) is 0 Å². The molecule has 0 saturated carbocycles. The molecule has 0 amide bonds. The fourth-order valence-corrected chi connectivity index (χ4v) is 3.27. The minimum atomic E-state index is 1.24. The Hall–Kier alpha value is -0.610. The van der Waals surface area contributed by atoms with Crippen molar-refractivity contribution in [2.45, 2.75) is 39.5 Å². The highest BCUT2D eigenvalue weighted by Gasteiger charge is 2.20. The molecular formula is C13H17P. The SMILES string of the molecule is CCCC1=CP=C2C=CC(CCC)=C12. The molecule has 0 aromatic carbocycles. The molecule has 2 aliphatic rings. The Labute approximate surface area is 88.2 Å². The molecule has 0 nitrogen and oxygen atoms in total. The van der Waals surface area contributed by atoms with Crippen molar-refractivity contribution in [1.29, 1.82) is 0 Å². The summed E-state index contributed by atoms with van der Waals surface area (Å²) in [6.45, 7) is 4.52. The van der Waals surface area contributed by atoms with E-state index in [4.69, 9.17) is 0 Å². The van der Waals surface area contributed by atoms with Crippen molar-refractivity contribution >= 4 is 13.5 Å². The highest BCUT2D eigenvalue weighted by atomic mass is 31.1. The van der Waals surface area contributed by atoms with Gasteiger partial charge in [0.15, 0.2) is 0 Å². The van der Waals surface area contributed by atoms with Gasteiger partial charge >= 0.3 is 0 Å². The maximum atomic E-state index is 2.40. The fraction of sp³-hybridized carbons (Fsp3) is 0.462. The molecule has 14 heavy (non-hydrogen) atoms. The van der Waals surface area contributed by atoms with E-state index in [0.717, 1.165) is 0 Å². The average molecular weight is 204 g/mol. The van der Waals surface area contributed by atoms with Gasteiger partial charge < -0.3 is 0 Å². The topological polar surface area (TPSA) is 0 Å². The lowest BCUT2D eigenvalue weighted by atomic mass is 9.97. The normalized spacial score (nSPS) is 19.9. The summed E-state index contributed by atoms with van der Waals surface area (Å²) in [5, 5.41) is 1.54. The molecule has 0 bridgehead atoms. The van der Waals surface area contributed by atoms with Crippen LogP contribution in [0.25, 0.3) is 0 Å². The van der Waals surface area contributed by atoms with Crippen molar-refractivity contribution in [3.05, 3.63) is 34.7 Å². The number of hydrogen-bond acceptors (Lipinski definition) is 0. The van der Waals surface area contributed by atoms with Gasteiger partial charge in [-0.3, -0.25) is 0 Å². The van der Waals surface area contributed by atoms with Crippen molar-refractivity contribution < 1.29 is 0 Å². The molecular weight excluding hydrogens is 187 g/mol. The Morgan fingerprint density at radius 2 is 1.86 bits per heavy atom. The van der Waals surface area contributed by atoms with E-state index in [2.05, 4.69) is 31.8 Å². The second-order valence-corrected chi connectivity index (χ2v) is 4.90. The standard InChI is InChI=1S/C13H17P/c1-3-5-10-7-8-12-13(10)11(6-4-2)9-14-12/h7-9H,3-6H2,1-2H3. The van der Waals surface area contributed by atoms with E-state index in [-0.39, 0.29) is 0 Å². The summed E-state index contributed by atoms with van der Waals surface area (Å²) < 4.78 is 0. The molecule has 0 saturated heterocycles. The van der Waals surface area contributed by atoms with E-state index < -0.39 is 0 Å². The Morgan fingerprint density at radius 3 is 2.57 bits per heavy atom. The average Bonchev–Trinajstić information content (AvgIpc) is 2.72. The van der Waals surface area contributed by atoms with E-state index in [9.17, 15) is 0 Å². The molecule has 0 N–H and O–H groups in total. The van der Waals surface area contributed by atoms with Gasteiger partial charge in [-0.15, -0.1) is 0 Å². The first kappa shape index (κ1) is 9.93. The summed E-state index contributed by atoms with van der Waals surface area (Å²) in [5.41, 5.74) is 4.76.